The largest absolute Gasteiger partial charge is 0.481 e. The molecule has 7 rings (SSSR count). The maximum absolute atomic E-state index is 13.8. The zero-order valence-electron chi connectivity index (χ0n) is 24.1. The molecule has 4 aliphatic carbocycles. The number of hydrogen-bond donors (Lipinski definition) is 2. The molecule has 0 radical (unpaired) electrons. The van der Waals surface area contributed by atoms with Crippen molar-refractivity contribution in [1.82, 2.24) is 0 Å². The number of hydrogen-bond acceptors (Lipinski definition) is 6. The fraction of sp³-hybridized carbons (Fsp3) is 0.371. The summed E-state index contributed by atoms with van der Waals surface area (Å²) in [5.41, 5.74) is 2.90. The number of allylic oxidation sites excluding steroid dienone is 4. The van der Waals surface area contributed by atoms with E-state index in [2.05, 4.69) is 0 Å². The summed E-state index contributed by atoms with van der Waals surface area (Å²) in [7, 11) is 0. The van der Waals surface area contributed by atoms with Gasteiger partial charge in [0.05, 0.1) is 23.7 Å². The summed E-state index contributed by atoms with van der Waals surface area (Å²) in [5, 5.41) is 22.2. The number of aryl methyl sites for hydroxylation is 1. The molecule has 0 saturated heterocycles. The van der Waals surface area contributed by atoms with Crippen LogP contribution in [0.1, 0.15) is 32.3 Å². The van der Waals surface area contributed by atoms with Crippen LogP contribution in [0.2, 0.25) is 0 Å². The van der Waals surface area contributed by atoms with Gasteiger partial charge in [-0.15, -0.1) is 0 Å². The highest BCUT2D eigenvalue weighted by atomic mass is 16.5. The van der Waals surface area contributed by atoms with Crippen LogP contribution in [0, 0.1) is 54.3 Å². The Kier molecular flexibility index (Phi) is 6.24. The van der Waals surface area contributed by atoms with Crippen LogP contribution in [0.4, 0.5) is 0 Å². The number of aliphatic carboxylic acids is 2. The lowest BCUT2D eigenvalue weighted by atomic mass is 9.80. The van der Waals surface area contributed by atoms with Crippen LogP contribution >= 0.6 is 0 Å². The van der Waals surface area contributed by atoms with Crippen molar-refractivity contribution in [3.05, 3.63) is 71.3 Å². The smallest absolute Gasteiger partial charge is 0.315 e. The monoisotopic (exact) mass is 580 g/mol. The minimum atomic E-state index is -1.00. The van der Waals surface area contributed by atoms with Gasteiger partial charge in [0.2, 0.25) is 0 Å². The van der Waals surface area contributed by atoms with Gasteiger partial charge in [-0.05, 0) is 63.4 Å². The fourth-order valence-electron chi connectivity index (χ4n) is 8.47. The van der Waals surface area contributed by atoms with Gasteiger partial charge in [-0.2, -0.15) is 0 Å². The maximum Gasteiger partial charge on any atom is 0.315 e. The number of benzene rings is 3. The number of carboxylic acid groups (broad SMARTS) is 2. The van der Waals surface area contributed by atoms with E-state index < -0.39 is 47.5 Å². The molecule has 3 aromatic carbocycles. The summed E-state index contributed by atoms with van der Waals surface area (Å²) in [6, 6.07) is 12.7. The van der Waals surface area contributed by atoms with Gasteiger partial charge in [0.1, 0.15) is 11.5 Å². The van der Waals surface area contributed by atoms with Crippen molar-refractivity contribution in [1.29, 1.82) is 0 Å². The second-order valence-electron chi connectivity index (χ2n) is 12.7. The molecule has 8 nitrogen and oxygen atoms in total. The highest BCUT2D eigenvalue weighted by Crippen LogP contribution is 2.54. The second kappa shape index (κ2) is 9.79. The third-order valence-corrected chi connectivity index (χ3v) is 10.3. The quantitative estimate of drug-likeness (QED) is 0.159. The number of rotatable bonds is 6. The molecule has 8 unspecified atom stereocenters. The normalized spacial score (nSPS) is 30.4. The Balaban J connectivity index is 1.31. The predicted molar refractivity (Wildman–Crippen MR) is 157 cm³/mol. The lowest BCUT2D eigenvalue weighted by Gasteiger charge is -2.27. The van der Waals surface area contributed by atoms with E-state index in [-0.39, 0.29) is 35.2 Å². The van der Waals surface area contributed by atoms with Gasteiger partial charge in [0, 0.05) is 21.5 Å². The molecular weight excluding hydrogens is 548 g/mol. The highest BCUT2D eigenvalue weighted by Gasteiger charge is 2.56. The highest BCUT2D eigenvalue weighted by molar-refractivity contribution is 6.13. The number of esters is 2. The minimum Gasteiger partial charge on any atom is -0.481 e. The molecule has 4 bridgehead atoms. The van der Waals surface area contributed by atoms with Gasteiger partial charge in [-0.1, -0.05) is 65.3 Å². The van der Waals surface area contributed by atoms with E-state index in [1.54, 1.807) is 30.3 Å². The molecule has 8 heteroatoms. The number of ether oxygens (including phenoxy) is 2. The number of fused-ring (bicyclic) bond motifs is 6. The first kappa shape index (κ1) is 27.4. The predicted octanol–water partition coefficient (Wildman–Crippen LogP) is 5.94. The van der Waals surface area contributed by atoms with Gasteiger partial charge in [0.15, 0.2) is 0 Å². The molecule has 0 aliphatic heterocycles. The first-order chi connectivity index (χ1) is 20.5. The molecule has 220 valence electrons. The standard InChI is InChI=1S/C35H32O8/c1-15-8-9-22-25(10-15)31(43-35(41)27-19-12-17(3)24(14-19)29(27)33(38)39)21-7-5-4-6-20(21)30(22)42-34(40)26-18-11-16(2)23(13-18)28(26)32(36)37/h4-12,18-19,23-24,26-29H,13-14H2,1-3H3,(H,36,37)(H,38,39). The Morgan fingerprint density at radius 3 is 1.53 bits per heavy atom. The molecule has 8 atom stereocenters. The van der Waals surface area contributed by atoms with E-state index in [1.165, 1.54) is 0 Å². The summed E-state index contributed by atoms with van der Waals surface area (Å²) < 4.78 is 12.3. The molecule has 0 aromatic heterocycles. The minimum absolute atomic E-state index is 0.183. The Morgan fingerprint density at radius 2 is 1.07 bits per heavy atom. The van der Waals surface area contributed by atoms with Gasteiger partial charge in [0.25, 0.3) is 0 Å². The van der Waals surface area contributed by atoms with Crippen molar-refractivity contribution in [3.63, 3.8) is 0 Å². The molecule has 0 spiro atoms. The SMILES string of the molecule is CC1=CC2CC1C(C(=O)O)C2C(=O)Oc1c2ccccc2c(OC(=O)C2C3C=C(C)C(C3)C2C(=O)O)c2cc(C)ccc12. The molecule has 0 amide bonds. The average Bonchev–Trinajstić information content (AvgIpc) is 3.72. The van der Waals surface area contributed by atoms with Crippen molar-refractivity contribution in [2.75, 3.05) is 0 Å². The van der Waals surface area contributed by atoms with Crippen molar-refractivity contribution in [2.24, 2.45) is 47.3 Å². The molecule has 2 N–H and O–H groups in total. The number of carboxylic acids is 2. The van der Waals surface area contributed by atoms with E-state index in [4.69, 9.17) is 9.47 Å². The first-order valence-electron chi connectivity index (χ1n) is 14.8. The van der Waals surface area contributed by atoms with Crippen LogP contribution in [0.3, 0.4) is 0 Å². The van der Waals surface area contributed by atoms with E-state index in [0.717, 1.165) is 16.7 Å². The van der Waals surface area contributed by atoms with Crippen molar-refractivity contribution in [3.8, 4) is 11.5 Å². The van der Waals surface area contributed by atoms with E-state index in [9.17, 15) is 29.4 Å². The zero-order chi connectivity index (χ0) is 30.3. The Hall–Kier alpha value is -4.46. The second-order valence-corrected chi connectivity index (χ2v) is 12.7. The van der Waals surface area contributed by atoms with E-state index >= 15 is 0 Å². The zero-order valence-corrected chi connectivity index (χ0v) is 24.1. The van der Waals surface area contributed by atoms with Crippen molar-refractivity contribution in [2.45, 2.75) is 33.6 Å². The Labute approximate surface area is 248 Å². The summed E-state index contributed by atoms with van der Waals surface area (Å²) in [4.78, 5) is 52.0. The molecule has 43 heavy (non-hydrogen) atoms. The van der Waals surface area contributed by atoms with Crippen LogP contribution in [-0.2, 0) is 19.2 Å². The molecule has 2 saturated carbocycles. The molecule has 0 heterocycles. The maximum atomic E-state index is 13.8. The third-order valence-electron chi connectivity index (χ3n) is 10.3. The lowest BCUT2D eigenvalue weighted by molar-refractivity contribution is -0.152. The lowest BCUT2D eigenvalue weighted by Crippen LogP contribution is -2.36. The first-order valence-corrected chi connectivity index (χ1v) is 14.8. The summed E-state index contributed by atoms with van der Waals surface area (Å²) in [6.07, 6.45) is 5.23. The van der Waals surface area contributed by atoms with Crippen LogP contribution in [-0.4, -0.2) is 34.1 Å². The van der Waals surface area contributed by atoms with Gasteiger partial charge >= 0.3 is 23.9 Å². The van der Waals surface area contributed by atoms with Crippen LogP contribution in [0.15, 0.2) is 65.8 Å². The van der Waals surface area contributed by atoms with Crippen LogP contribution in [0.25, 0.3) is 21.5 Å². The fourth-order valence-corrected chi connectivity index (χ4v) is 8.47. The topological polar surface area (TPSA) is 127 Å². The van der Waals surface area contributed by atoms with Crippen LogP contribution in [0.5, 0.6) is 11.5 Å². The summed E-state index contributed by atoms with van der Waals surface area (Å²) in [5.74, 6) is -6.65. The molecule has 3 aromatic rings. The number of carbonyl (C=O) groups is 4. The summed E-state index contributed by atoms with van der Waals surface area (Å²) >= 11 is 0. The summed E-state index contributed by atoms with van der Waals surface area (Å²) in [6.45, 7) is 5.73. The van der Waals surface area contributed by atoms with Gasteiger partial charge < -0.3 is 19.7 Å². The average molecular weight is 581 g/mol. The van der Waals surface area contributed by atoms with Crippen molar-refractivity contribution >= 4 is 45.4 Å². The van der Waals surface area contributed by atoms with E-state index in [1.807, 2.05) is 45.1 Å². The molecular formula is C35H32O8. The van der Waals surface area contributed by atoms with Gasteiger partial charge in [-0.3, -0.25) is 19.2 Å². The molecule has 2 fully saturated rings. The molecule has 4 aliphatic rings. The van der Waals surface area contributed by atoms with Crippen LogP contribution < -0.4 is 9.47 Å². The van der Waals surface area contributed by atoms with Gasteiger partial charge in [-0.25, -0.2) is 0 Å². The third kappa shape index (κ3) is 4.10. The van der Waals surface area contributed by atoms with E-state index in [0.29, 0.717) is 34.4 Å². The Morgan fingerprint density at radius 1 is 0.628 bits per heavy atom. The Bertz CT molecular complexity index is 1820. The number of carbonyl (C=O) groups excluding carboxylic acids is 2. The van der Waals surface area contributed by atoms with Crippen molar-refractivity contribution < 1.29 is 38.9 Å².